The minimum Gasteiger partial charge on any atom is -0.488 e. The summed E-state index contributed by atoms with van der Waals surface area (Å²) >= 11 is 6.11. The van der Waals surface area contributed by atoms with Gasteiger partial charge < -0.3 is 9.47 Å². The molecule has 1 aliphatic carbocycles. The van der Waals surface area contributed by atoms with Gasteiger partial charge in [0, 0.05) is 19.3 Å². The van der Waals surface area contributed by atoms with Gasteiger partial charge in [0.1, 0.15) is 18.0 Å². The quantitative estimate of drug-likeness (QED) is 0.757. The zero-order valence-electron chi connectivity index (χ0n) is 11.6. The van der Waals surface area contributed by atoms with Crippen LogP contribution in [0.5, 0.6) is 5.75 Å². The summed E-state index contributed by atoms with van der Waals surface area (Å²) in [4.78, 5) is 0.285. The van der Waals surface area contributed by atoms with E-state index in [-0.39, 0.29) is 22.5 Å². The van der Waals surface area contributed by atoms with Crippen LogP contribution in [0.25, 0.3) is 0 Å². The van der Waals surface area contributed by atoms with Gasteiger partial charge in [-0.3, -0.25) is 0 Å². The maximum atomic E-state index is 11.4. The number of hydrogen-bond acceptors (Lipinski definition) is 4. The molecule has 1 aliphatic rings. The predicted octanol–water partition coefficient (Wildman–Crippen LogP) is 2.64. The van der Waals surface area contributed by atoms with Crippen molar-refractivity contribution in [2.75, 3.05) is 12.9 Å². The van der Waals surface area contributed by atoms with Crippen LogP contribution < -0.4 is 4.74 Å². The van der Waals surface area contributed by atoms with Gasteiger partial charge in [-0.25, -0.2) is 8.42 Å². The molecule has 1 aromatic carbocycles. The summed E-state index contributed by atoms with van der Waals surface area (Å²) in [7, 11) is -3.17. The average molecular weight is 319 g/mol. The van der Waals surface area contributed by atoms with E-state index in [9.17, 15) is 8.42 Å². The molecule has 0 amide bonds. The summed E-state index contributed by atoms with van der Waals surface area (Å²) in [5.74, 6) is 0.635. The third-order valence-corrected chi connectivity index (χ3v) is 4.79. The highest BCUT2D eigenvalue weighted by Crippen LogP contribution is 2.33. The van der Waals surface area contributed by atoms with E-state index < -0.39 is 9.84 Å². The van der Waals surface area contributed by atoms with Crippen molar-refractivity contribution in [3.05, 3.63) is 24.3 Å². The Labute approximate surface area is 125 Å². The first-order chi connectivity index (χ1) is 9.41. The van der Waals surface area contributed by atoms with Crippen LogP contribution in [0.1, 0.15) is 19.8 Å². The number of sulfone groups is 1. The second kappa shape index (κ2) is 6.33. The zero-order valence-corrected chi connectivity index (χ0v) is 13.2. The van der Waals surface area contributed by atoms with Gasteiger partial charge in [-0.1, -0.05) is 6.92 Å². The summed E-state index contributed by atoms with van der Waals surface area (Å²) < 4.78 is 34.2. The highest BCUT2D eigenvalue weighted by atomic mass is 35.5. The van der Waals surface area contributed by atoms with E-state index >= 15 is 0 Å². The number of halogens is 1. The van der Waals surface area contributed by atoms with Gasteiger partial charge in [0.25, 0.3) is 0 Å². The van der Waals surface area contributed by atoms with Crippen LogP contribution in [0.3, 0.4) is 0 Å². The smallest absolute Gasteiger partial charge is 0.175 e. The SMILES string of the molecule is CCCOC1C(Cl)CC1Oc1ccc(S(C)(=O)=O)cc1. The summed E-state index contributed by atoms with van der Waals surface area (Å²) in [6, 6.07) is 6.41. The summed E-state index contributed by atoms with van der Waals surface area (Å²) in [6.45, 7) is 2.71. The second-order valence-corrected chi connectivity index (χ2v) is 7.56. The fourth-order valence-corrected chi connectivity index (χ4v) is 3.09. The van der Waals surface area contributed by atoms with Crippen molar-refractivity contribution in [3.8, 4) is 5.75 Å². The van der Waals surface area contributed by atoms with Crippen molar-refractivity contribution < 1.29 is 17.9 Å². The van der Waals surface area contributed by atoms with Crippen molar-refractivity contribution in [1.29, 1.82) is 0 Å². The molecule has 1 aromatic rings. The van der Waals surface area contributed by atoms with Crippen molar-refractivity contribution in [1.82, 2.24) is 0 Å². The molecule has 2 rings (SSSR count). The molecule has 0 spiro atoms. The van der Waals surface area contributed by atoms with Crippen LogP contribution in [0.2, 0.25) is 0 Å². The number of benzene rings is 1. The van der Waals surface area contributed by atoms with Crippen molar-refractivity contribution in [3.63, 3.8) is 0 Å². The average Bonchev–Trinajstić information content (AvgIpc) is 2.38. The number of rotatable bonds is 6. The minimum atomic E-state index is -3.17. The Bertz CT molecular complexity index is 541. The highest BCUT2D eigenvalue weighted by Gasteiger charge is 2.42. The van der Waals surface area contributed by atoms with Gasteiger partial charge in [0.2, 0.25) is 0 Å². The Hall–Kier alpha value is -0.780. The lowest BCUT2D eigenvalue weighted by molar-refractivity contribution is -0.0797. The van der Waals surface area contributed by atoms with E-state index in [1.807, 2.05) is 6.92 Å². The van der Waals surface area contributed by atoms with Gasteiger partial charge in [-0.2, -0.15) is 0 Å². The van der Waals surface area contributed by atoms with E-state index in [0.29, 0.717) is 12.4 Å². The Kier molecular flexibility index (Phi) is 4.94. The molecule has 4 nitrogen and oxygen atoms in total. The lowest BCUT2D eigenvalue weighted by atomic mass is 9.91. The van der Waals surface area contributed by atoms with Crippen molar-refractivity contribution in [2.24, 2.45) is 0 Å². The van der Waals surface area contributed by atoms with Gasteiger partial charge in [-0.15, -0.1) is 11.6 Å². The molecule has 1 saturated carbocycles. The Morgan fingerprint density at radius 2 is 1.95 bits per heavy atom. The second-order valence-electron chi connectivity index (χ2n) is 4.99. The fraction of sp³-hybridized carbons (Fsp3) is 0.571. The number of ether oxygens (including phenoxy) is 2. The maximum absolute atomic E-state index is 11.4. The van der Waals surface area contributed by atoms with Crippen LogP contribution >= 0.6 is 11.6 Å². The fourth-order valence-electron chi connectivity index (χ4n) is 2.05. The number of alkyl halides is 1. The van der Waals surface area contributed by atoms with Crippen LogP contribution in [0, 0.1) is 0 Å². The van der Waals surface area contributed by atoms with E-state index in [1.165, 1.54) is 6.26 Å². The Morgan fingerprint density at radius 3 is 2.45 bits per heavy atom. The molecule has 3 unspecified atom stereocenters. The molecule has 0 saturated heterocycles. The third kappa shape index (κ3) is 3.65. The topological polar surface area (TPSA) is 52.6 Å². The van der Waals surface area contributed by atoms with Crippen LogP contribution in [-0.4, -0.2) is 38.9 Å². The lowest BCUT2D eigenvalue weighted by Crippen LogP contribution is -2.52. The molecular formula is C14H19ClO4S. The summed E-state index contributed by atoms with van der Waals surface area (Å²) in [6.07, 6.45) is 2.71. The molecule has 1 fully saturated rings. The summed E-state index contributed by atoms with van der Waals surface area (Å²) in [5, 5.41) is -0.0122. The van der Waals surface area contributed by atoms with Crippen LogP contribution in [0.15, 0.2) is 29.2 Å². The minimum absolute atomic E-state index is 0.0122. The van der Waals surface area contributed by atoms with Gasteiger partial charge in [-0.05, 0) is 30.7 Å². The van der Waals surface area contributed by atoms with Gasteiger partial charge in [0.05, 0.1) is 10.3 Å². The van der Waals surface area contributed by atoms with E-state index in [1.54, 1.807) is 24.3 Å². The molecule has 0 aromatic heterocycles. The Morgan fingerprint density at radius 1 is 1.30 bits per heavy atom. The first-order valence-corrected chi connectivity index (χ1v) is 8.97. The third-order valence-electron chi connectivity index (χ3n) is 3.23. The van der Waals surface area contributed by atoms with Gasteiger partial charge >= 0.3 is 0 Å². The monoisotopic (exact) mass is 318 g/mol. The van der Waals surface area contributed by atoms with Crippen molar-refractivity contribution >= 4 is 21.4 Å². The first kappa shape index (κ1) is 15.6. The predicted molar refractivity (Wildman–Crippen MR) is 78.3 cm³/mol. The molecule has 0 heterocycles. The molecule has 6 heteroatoms. The lowest BCUT2D eigenvalue weighted by Gasteiger charge is -2.40. The van der Waals surface area contributed by atoms with E-state index in [0.717, 1.165) is 12.8 Å². The molecule has 0 aliphatic heterocycles. The van der Waals surface area contributed by atoms with E-state index in [2.05, 4.69) is 0 Å². The molecule has 0 N–H and O–H groups in total. The molecular weight excluding hydrogens is 300 g/mol. The van der Waals surface area contributed by atoms with Gasteiger partial charge in [0.15, 0.2) is 9.84 Å². The van der Waals surface area contributed by atoms with Crippen LogP contribution in [-0.2, 0) is 14.6 Å². The normalized spacial score (nSPS) is 26.1. The standard InChI is InChI=1S/C14H19ClO4S/c1-3-8-18-14-12(15)9-13(14)19-10-4-6-11(7-5-10)20(2,16)17/h4-7,12-14H,3,8-9H2,1-2H3. The first-order valence-electron chi connectivity index (χ1n) is 6.64. The van der Waals surface area contributed by atoms with Crippen molar-refractivity contribution in [2.45, 2.75) is 42.2 Å². The molecule has 20 heavy (non-hydrogen) atoms. The largest absolute Gasteiger partial charge is 0.488 e. The molecule has 112 valence electrons. The van der Waals surface area contributed by atoms with E-state index in [4.69, 9.17) is 21.1 Å². The molecule has 0 bridgehead atoms. The number of hydrogen-bond donors (Lipinski definition) is 0. The maximum Gasteiger partial charge on any atom is 0.175 e. The summed E-state index contributed by atoms with van der Waals surface area (Å²) in [5.41, 5.74) is 0. The van der Waals surface area contributed by atoms with Crippen LogP contribution in [0.4, 0.5) is 0 Å². The highest BCUT2D eigenvalue weighted by molar-refractivity contribution is 7.90. The Balaban J connectivity index is 1.97. The zero-order chi connectivity index (χ0) is 14.8. The molecule has 3 atom stereocenters. The molecule has 0 radical (unpaired) electrons.